The van der Waals surface area contributed by atoms with Crippen molar-refractivity contribution < 1.29 is 113 Å². The van der Waals surface area contributed by atoms with Crippen molar-refractivity contribution in [1.29, 1.82) is 0 Å². The molecule has 4 aliphatic rings. The van der Waals surface area contributed by atoms with Crippen LogP contribution in [0.25, 0.3) is 11.2 Å². The number of rotatable bonds is 36. The number of aryl methyl sites for hydroxylation is 3. The number of hydrogen-bond donors (Lipinski definition) is 9. The third kappa shape index (κ3) is 18.4. The largest absolute Gasteiger partial charge is 0.472 e. The van der Waals surface area contributed by atoms with Gasteiger partial charge < -0.3 is 98.4 Å². The van der Waals surface area contributed by atoms with Gasteiger partial charge in [-0.25, -0.2) is 28.5 Å². The molecule has 12 N–H and O–H groups in total. The Morgan fingerprint density at radius 2 is 1.01 bits per heavy atom. The number of ether oxygens (including phenoxy) is 12. The summed E-state index contributed by atoms with van der Waals surface area (Å²) in [7, 11) is -5.61. The van der Waals surface area contributed by atoms with Crippen molar-refractivity contribution in [1.82, 2.24) is 48.2 Å². The molecule has 0 aliphatic carbocycles. The molecule has 7 unspecified atom stereocenters. The molecule has 0 bridgehead atoms. The van der Waals surface area contributed by atoms with Gasteiger partial charge in [0.25, 0.3) is 11.1 Å². The van der Waals surface area contributed by atoms with E-state index in [0.717, 1.165) is 26.2 Å². The number of aromatic nitrogens is 10. The zero-order chi connectivity index (χ0) is 71.0. The lowest BCUT2D eigenvalue weighted by Crippen LogP contribution is -2.42. The standard InChI is InChI=1S/C52H78N13O29P3S/c1-25-17-62(50(69)57-40(25)53)45-29(81-12-8-77-4)16-28(88-45)21-85-95(72,73)92-35-31(91-48(39(35)84-15-11-80-7)65-24-56-33-42(65)59-49(55)60-44(33)68)22-86-96(74,75)93-36-32(90-47(38(36)83-14-10-79-6)64-19-27(3)43(67)61-52(64)71)23-87-97(76,98)94-34-30(20-66)89-46(37(34)82-13-9-78-5)63-18-26(2)41(54)58-51(63)70/h17-19,24,28-32,34-39,45-48,66H,8-16,20-23H2,1-7H3,(H,72,73)(H,74,75)(H,76,98)(H2,53,57,69)(H2,54,58,70)(H,61,67,71)(H3,55,59,60,68)/t28-,29?,30+,31+,32+,34-,35-,36-,37?,38?,39?,45+,46+,47+,48+,97?/m0/s1. The number of phosphoric ester groups is 2. The van der Waals surface area contributed by atoms with E-state index >= 15 is 0 Å². The van der Waals surface area contributed by atoms with Gasteiger partial charge in [-0.15, -0.1) is 0 Å². The first-order valence-electron chi connectivity index (χ1n) is 30.0. The minimum absolute atomic E-state index is 0.0113. The van der Waals surface area contributed by atoms with Gasteiger partial charge in [-0.2, -0.15) is 15.0 Å². The molecule has 0 amide bonds. The summed E-state index contributed by atoms with van der Waals surface area (Å²) in [6.07, 6.45) is -17.6. The fraction of sp³-hybridized carbons (Fsp3) is 0.673. The maximum Gasteiger partial charge on any atom is 0.472 e. The Kier molecular flexibility index (Phi) is 26.2. The number of imidazole rings is 1. The minimum Gasteiger partial charge on any atom is -0.394 e. The summed E-state index contributed by atoms with van der Waals surface area (Å²) in [5.74, 6) is -0.460. The topological polar surface area (TPSA) is 547 Å². The number of phosphoric acid groups is 2. The number of aliphatic hydroxyl groups excluding tert-OH is 1. The van der Waals surface area contributed by atoms with Crippen LogP contribution in [0.1, 0.15) is 48.0 Å². The highest BCUT2D eigenvalue weighted by atomic mass is 32.5. The van der Waals surface area contributed by atoms with E-state index in [1.165, 1.54) is 52.3 Å². The number of anilines is 3. The molecule has 0 aromatic carbocycles. The predicted molar refractivity (Wildman–Crippen MR) is 336 cm³/mol. The molecule has 0 saturated carbocycles. The zero-order valence-corrected chi connectivity index (χ0v) is 57.2. The number of methoxy groups -OCH3 is 4. The Morgan fingerprint density at radius 3 is 1.54 bits per heavy atom. The molecule has 5 aromatic rings. The van der Waals surface area contributed by atoms with Gasteiger partial charge in [0, 0.05) is 70.1 Å². The zero-order valence-electron chi connectivity index (χ0n) is 53.7. The van der Waals surface area contributed by atoms with Crippen LogP contribution < -0.4 is 45.4 Å². The molecule has 9 rings (SSSR count). The highest BCUT2D eigenvalue weighted by Gasteiger charge is 2.56. The van der Waals surface area contributed by atoms with Gasteiger partial charge in [0.1, 0.15) is 72.7 Å². The first-order chi connectivity index (χ1) is 46.6. The van der Waals surface area contributed by atoms with Crippen LogP contribution in [-0.4, -0.2) is 243 Å². The second-order valence-electron chi connectivity index (χ2n) is 22.4. The quantitative estimate of drug-likeness (QED) is 0.0149. The van der Waals surface area contributed by atoms with E-state index in [1.54, 1.807) is 13.8 Å². The van der Waals surface area contributed by atoms with Crippen LogP contribution in [0, 0.1) is 20.8 Å². The molecular formula is C52H78N13O29P3S. The number of nitrogens with two attached hydrogens (primary N) is 3. The Balaban J connectivity index is 1.01. The molecule has 0 spiro atoms. The lowest BCUT2D eigenvalue weighted by molar-refractivity contribution is -0.0841. The summed E-state index contributed by atoms with van der Waals surface area (Å²) >= 11 is 5.52. The molecule has 5 aromatic heterocycles. The SMILES string of the molecule is COCCOC1C[C@@H](COP(=O)(O)O[C@@H]2C(OCCOC)[C@H](n3cnc4c(=O)[nH]c(N)nc43)O[C@@H]2COP(=O)(O)O[C@@H]2C(OCCOC)[C@H](n3cc(C)c(=O)[nH]c3=O)O[C@@H]2COP(O)(=S)O[C@@H]2C(OCCOC)[C@H](n3cc(C)c(N)nc3=O)O[C@@H]2CO)O[C@H]1n1cc(C)c(N)nc1=O. The normalized spacial score (nSPS) is 28.4. The summed E-state index contributed by atoms with van der Waals surface area (Å²) in [4.78, 5) is 122. The van der Waals surface area contributed by atoms with Crippen molar-refractivity contribution >= 4 is 62.9 Å². The molecule has 4 fully saturated rings. The molecular weight excluding hydrogens is 1400 g/mol. The van der Waals surface area contributed by atoms with Crippen LogP contribution in [0.2, 0.25) is 0 Å². The van der Waals surface area contributed by atoms with Gasteiger partial charge in [-0.1, -0.05) is 0 Å². The average Bonchev–Trinajstić information content (AvgIpc) is 1.62. The van der Waals surface area contributed by atoms with Gasteiger partial charge in [0.15, 0.2) is 36.1 Å². The van der Waals surface area contributed by atoms with Crippen LogP contribution in [0.5, 0.6) is 0 Å². The van der Waals surface area contributed by atoms with E-state index in [9.17, 15) is 52.9 Å². The first-order valence-corrected chi connectivity index (χ1v) is 35.6. The molecule has 9 heterocycles. The number of aliphatic hydroxyl groups is 1. The molecule has 546 valence electrons. The number of hydrogen-bond acceptors (Lipinski definition) is 34. The van der Waals surface area contributed by atoms with Crippen molar-refractivity contribution in [3.8, 4) is 0 Å². The third-order valence-electron chi connectivity index (χ3n) is 15.6. The van der Waals surface area contributed by atoms with Crippen LogP contribution in [0.15, 0.2) is 48.9 Å². The van der Waals surface area contributed by atoms with E-state index in [0.29, 0.717) is 11.1 Å². The Labute approximate surface area is 560 Å². The van der Waals surface area contributed by atoms with Gasteiger partial charge >= 0.3 is 39.4 Å². The molecule has 0 radical (unpaired) electrons. The van der Waals surface area contributed by atoms with E-state index in [1.807, 2.05) is 0 Å². The van der Waals surface area contributed by atoms with Crippen LogP contribution in [-0.2, 0) is 105 Å². The highest BCUT2D eigenvalue weighted by Crippen LogP contribution is 2.55. The first kappa shape index (κ1) is 76.6. The summed E-state index contributed by atoms with van der Waals surface area (Å²) in [6.45, 7) is -4.44. The second-order valence-corrected chi connectivity index (χ2v) is 28.0. The van der Waals surface area contributed by atoms with Gasteiger partial charge in [0.05, 0.1) is 91.7 Å². The summed E-state index contributed by atoms with van der Waals surface area (Å²) in [5.41, 5.74) is 13.8. The van der Waals surface area contributed by atoms with Crippen molar-refractivity contribution in [2.24, 2.45) is 0 Å². The smallest absolute Gasteiger partial charge is 0.394 e. The molecule has 46 heteroatoms. The highest BCUT2D eigenvalue weighted by molar-refractivity contribution is 8.07. The summed E-state index contributed by atoms with van der Waals surface area (Å²) in [5, 5.41) is 10.6. The Morgan fingerprint density at radius 1 is 0.551 bits per heavy atom. The molecule has 42 nitrogen and oxygen atoms in total. The van der Waals surface area contributed by atoms with Gasteiger partial charge in [0.2, 0.25) is 5.95 Å². The van der Waals surface area contributed by atoms with Crippen molar-refractivity contribution in [2.45, 2.75) is 119 Å². The second kappa shape index (κ2) is 33.5. The van der Waals surface area contributed by atoms with Crippen LogP contribution in [0.3, 0.4) is 0 Å². The average molecular weight is 1470 g/mol. The number of nitrogen functional groups attached to an aromatic ring is 3. The van der Waals surface area contributed by atoms with Crippen molar-refractivity contribution in [2.75, 3.05) is 125 Å². The Bertz CT molecular complexity index is 4010. The monoisotopic (exact) mass is 1470 g/mol. The van der Waals surface area contributed by atoms with E-state index in [-0.39, 0.29) is 93.6 Å². The Hall–Kier alpha value is -5.58. The van der Waals surface area contributed by atoms with E-state index in [2.05, 4.69) is 29.9 Å². The lowest BCUT2D eigenvalue weighted by atomic mass is 10.1. The fourth-order valence-corrected chi connectivity index (χ4v) is 14.3. The number of aromatic amines is 2. The molecule has 18 atom stereocenters. The predicted octanol–water partition coefficient (Wildman–Crippen LogP) is -2.42. The number of fused-ring (bicyclic) bond motifs is 1. The lowest BCUT2D eigenvalue weighted by Gasteiger charge is -2.29. The number of H-pyrrole nitrogens is 2. The van der Waals surface area contributed by atoms with Gasteiger partial charge in [-0.3, -0.25) is 60.4 Å². The summed E-state index contributed by atoms with van der Waals surface area (Å²) < 4.78 is 139. The number of nitrogens with zero attached hydrogens (tertiary/aromatic N) is 8. The van der Waals surface area contributed by atoms with Gasteiger partial charge in [-0.05, 0) is 32.6 Å². The van der Waals surface area contributed by atoms with Crippen LogP contribution >= 0.6 is 22.4 Å². The maximum atomic E-state index is 14.8. The molecule has 98 heavy (non-hydrogen) atoms. The summed E-state index contributed by atoms with van der Waals surface area (Å²) in [6, 6.07) is 0. The maximum absolute atomic E-state index is 14.8. The van der Waals surface area contributed by atoms with Crippen molar-refractivity contribution in [3.05, 3.63) is 93.8 Å². The van der Waals surface area contributed by atoms with E-state index in [4.69, 9.17) is 113 Å². The van der Waals surface area contributed by atoms with Crippen LogP contribution in [0.4, 0.5) is 17.6 Å². The number of nitrogens with one attached hydrogen (secondary N) is 2. The van der Waals surface area contributed by atoms with Crippen molar-refractivity contribution in [3.63, 3.8) is 0 Å². The molecule has 4 aliphatic heterocycles. The minimum atomic E-state index is -5.70. The van der Waals surface area contributed by atoms with E-state index < -0.39 is 169 Å². The molecule has 4 saturated heterocycles. The third-order valence-corrected chi connectivity index (χ3v) is 19.2. The fourth-order valence-electron chi connectivity index (χ4n) is 10.9.